The summed E-state index contributed by atoms with van der Waals surface area (Å²) in [5.41, 5.74) is 18.2. The zero-order valence-corrected chi connectivity index (χ0v) is 33.5. The first-order valence-electron chi connectivity index (χ1n) is 21.1. The van der Waals surface area contributed by atoms with Crippen molar-refractivity contribution in [2.75, 3.05) is 0 Å². The summed E-state index contributed by atoms with van der Waals surface area (Å²) < 4.78 is 6.26. The lowest BCUT2D eigenvalue weighted by Gasteiger charge is -2.35. The van der Waals surface area contributed by atoms with E-state index in [1.54, 1.807) is 0 Å². The molecule has 0 radical (unpaired) electrons. The van der Waals surface area contributed by atoms with Gasteiger partial charge in [0.25, 0.3) is 0 Å². The van der Waals surface area contributed by atoms with Gasteiger partial charge in [0, 0.05) is 27.5 Å². The van der Waals surface area contributed by atoms with Crippen LogP contribution < -0.4 is 0 Å². The van der Waals surface area contributed by atoms with Gasteiger partial charge in [0.15, 0.2) is 17.5 Å². The number of furan rings is 1. The van der Waals surface area contributed by atoms with E-state index in [0.29, 0.717) is 17.5 Å². The topological polar surface area (TPSA) is 51.8 Å². The predicted octanol–water partition coefficient (Wildman–Crippen LogP) is 14.4. The van der Waals surface area contributed by atoms with Gasteiger partial charge in [-0.1, -0.05) is 188 Å². The number of nitrogens with zero attached hydrogens (tertiary/aromatic N) is 3. The summed E-state index contributed by atoms with van der Waals surface area (Å²) in [5.74, 6) is 1.83. The Bertz CT molecular complexity index is 3540. The van der Waals surface area contributed by atoms with Crippen molar-refractivity contribution in [2.24, 2.45) is 0 Å². The molecule has 0 aliphatic heterocycles. The highest BCUT2D eigenvalue weighted by Crippen LogP contribution is 2.62. The van der Waals surface area contributed by atoms with Crippen molar-refractivity contribution < 1.29 is 4.42 Å². The van der Waals surface area contributed by atoms with Gasteiger partial charge in [-0.15, -0.1) is 0 Å². The molecular formula is C58H35N3O. The fourth-order valence-corrected chi connectivity index (χ4v) is 10.4. The summed E-state index contributed by atoms with van der Waals surface area (Å²) in [6.07, 6.45) is 0. The summed E-state index contributed by atoms with van der Waals surface area (Å²) in [6.45, 7) is 0. The van der Waals surface area contributed by atoms with Crippen LogP contribution in [0.1, 0.15) is 22.3 Å². The van der Waals surface area contributed by atoms with Crippen molar-refractivity contribution in [3.8, 4) is 78.7 Å². The van der Waals surface area contributed by atoms with Gasteiger partial charge in [-0.2, -0.15) is 0 Å². The van der Waals surface area contributed by atoms with E-state index >= 15 is 0 Å². The largest absolute Gasteiger partial charge is 0.456 e. The first-order valence-corrected chi connectivity index (χ1v) is 21.1. The van der Waals surface area contributed by atoms with E-state index in [0.717, 1.165) is 55.3 Å². The standard InChI is InChI=1S/C58H35N3O/c1-2-17-36(18-3-1)38-19-4-7-25-44(38)56-59-55(37-33-34-53-47(35-37)43-24-11-15-32-52(43)62-53)60-57(61-56)46-27-16-31-51-54(46)45-26-10-14-30-50(45)58(51)48-28-12-8-22-41(48)39-20-5-6-21-40(39)42-23-9-13-29-49(42)58/h1-35H. The van der Waals surface area contributed by atoms with Crippen molar-refractivity contribution in [3.05, 3.63) is 235 Å². The Labute approximate surface area is 358 Å². The summed E-state index contributed by atoms with van der Waals surface area (Å²) >= 11 is 0. The average Bonchev–Trinajstić information content (AvgIpc) is 3.84. The van der Waals surface area contributed by atoms with Crippen molar-refractivity contribution in [3.63, 3.8) is 0 Å². The monoisotopic (exact) mass is 789 g/mol. The molecule has 0 N–H and O–H groups in total. The first-order chi connectivity index (χ1) is 30.8. The fraction of sp³-hybridized carbons (Fsp3) is 0.0172. The van der Waals surface area contributed by atoms with Crippen LogP contribution in [0.25, 0.3) is 101 Å². The highest BCUT2D eigenvalue weighted by molar-refractivity contribution is 6.06. The number of benzene rings is 9. The number of aromatic nitrogens is 3. The zero-order chi connectivity index (χ0) is 40.8. The Morgan fingerprint density at radius 2 is 0.774 bits per heavy atom. The molecule has 62 heavy (non-hydrogen) atoms. The Balaban J connectivity index is 1.11. The van der Waals surface area contributed by atoms with E-state index in [-0.39, 0.29) is 0 Å². The Kier molecular flexibility index (Phi) is 7.49. The molecule has 2 aliphatic carbocycles. The summed E-state index contributed by atoms with van der Waals surface area (Å²) in [6, 6.07) is 75.8. The molecule has 0 unspecified atom stereocenters. The normalized spacial score (nSPS) is 13.0. The van der Waals surface area contributed by atoms with E-state index in [1.165, 1.54) is 50.1 Å². The van der Waals surface area contributed by atoms with Crippen LogP contribution in [0.15, 0.2) is 217 Å². The van der Waals surface area contributed by atoms with E-state index in [2.05, 4.69) is 182 Å². The molecule has 4 nitrogen and oxygen atoms in total. The lowest BCUT2D eigenvalue weighted by molar-refractivity contribution is 0.669. The molecule has 0 fully saturated rings. The van der Waals surface area contributed by atoms with Gasteiger partial charge in [-0.3, -0.25) is 0 Å². The molecule has 13 rings (SSSR count). The summed E-state index contributed by atoms with van der Waals surface area (Å²) in [7, 11) is 0. The fourth-order valence-electron chi connectivity index (χ4n) is 10.4. The van der Waals surface area contributed by atoms with E-state index in [4.69, 9.17) is 19.4 Å². The van der Waals surface area contributed by atoms with Gasteiger partial charge in [-0.25, -0.2) is 15.0 Å². The summed E-state index contributed by atoms with van der Waals surface area (Å²) in [5, 5.41) is 2.08. The minimum atomic E-state index is -0.625. The van der Waals surface area contributed by atoms with Gasteiger partial charge >= 0.3 is 0 Å². The SMILES string of the molecule is c1ccc(-c2ccccc2-c2nc(-c3ccc4oc5ccccc5c4c3)nc(-c3cccc4c3-c3ccccc3C43c4ccccc4-c4ccccc4-c4ccccc43)n2)cc1. The van der Waals surface area contributed by atoms with Crippen LogP contribution in [-0.4, -0.2) is 15.0 Å². The molecule has 0 atom stereocenters. The van der Waals surface area contributed by atoms with Crippen LogP contribution >= 0.6 is 0 Å². The maximum Gasteiger partial charge on any atom is 0.164 e. The minimum Gasteiger partial charge on any atom is -0.456 e. The highest BCUT2D eigenvalue weighted by atomic mass is 16.3. The molecule has 0 saturated heterocycles. The van der Waals surface area contributed by atoms with Crippen LogP contribution in [0.2, 0.25) is 0 Å². The molecule has 0 amide bonds. The van der Waals surface area contributed by atoms with Gasteiger partial charge in [0.1, 0.15) is 11.2 Å². The molecule has 2 aromatic heterocycles. The van der Waals surface area contributed by atoms with Crippen LogP contribution in [0.3, 0.4) is 0 Å². The molecule has 0 bridgehead atoms. The Morgan fingerprint density at radius 1 is 0.290 bits per heavy atom. The quantitative estimate of drug-likeness (QED) is 0.178. The van der Waals surface area contributed by atoms with Crippen molar-refractivity contribution in [2.45, 2.75) is 5.41 Å². The average molecular weight is 790 g/mol. The van der Waals surface area contributed by atoms with Crippen LogP contribution in [0, 0.1) is 0 Å². The third-order valence-electron chi connectivity index (χ3n) is 13.0. The predicted molar refractivity (Wildman–Crippen MR) is 251 cm³/mol. The molecule has 2 heterocycles. The molecule has 1 spiro atoms. The zero-order valence-electron chi connectivity index (χ0n) is 33.5. The van der Waals surface area contributed by atoms with Crippen molar-refractivity contribution in [1.29, 1.82) is 0 Å². The molecule has 2 aliphatic rings. The van der Waals surface area contributed by atoms with Crippen LogP contribution in [0.4, 0.5) is 0 Å². The van der Waals surface area contributed by atoms with E-state index < -0.39 is 5.41 Å². The smallest absolute Gasteiger partial charge is 0.164 e. The molecular weight excluding hydrogens is 755 g/mol. The maximum absolute atomic E-state index is 6.26. The summed E-state index contributed by atoms with van der Waals surface area (Å²) in [4.78, 5) is 16.2. The number of rotatable bonds is 4. The molecule has 0 saturated carbocycles. The molecule has 11 aromatic rings. The Hall–Kier alpha value is -8.21. The Morgan fingerprint density at radius 3 is 1.48 bits per heavy atom. The number of hydrogen-bond acceptors (Lipinski definition) is 4. The highest BCUT2D eigenvalue weighted by Gasteiger charge is 2.50. The van der Waals surface area contributed by atoms with E-state index in [1.807, 2.05) is 30.3 Å². The second-order valence-corrected chi connectivity index (χ2v) is 16.2. The van der Waals surface area contributed by atoms with Crippen molar-refractivity contribution in [1.82, 2.24) is 15.0 Å². The van der Waals surface area contributed by atoms with Gasteiger partial charge in [-0.05, 0) is 91.0 Å². The third kappa shape index (κ3) is 4.92. The van der Waals surface area contributed by atoms with Gasteiger partial charge in [0.05, 0.1) is 5.41 Å². The number of fused-ring (bicyclic) bond motifs is 15. The maximum atomic E-state index is 6.26. The number of para-hydroxylation sites is 1. The molecule has 288 valence electrons. The lowest BCUT2D eigenvalue weighted by Crippen LogP contribution is -2.29. The van der Waals surface area contributed by atoms with Gasteiger partial charge < -0.3 is 4.42 Å². The van der Waals surface area contributed by atoms with Crippen LogP contribution in [-0.2, 0) is 5.41 Å². The first kappa shape index (κ1) is 34.6. The molecule has 4 heteroatoms. The second kappa shape index (κ2) is 13.4. The van der Waals surface area contributed by atoms with Crippen LogP contribution in [0.5, 0.6) is 0 Å². The second-order valence-electron chi connectivity index (χ2n) is 16.2. The third-order valence-corrected chi connectivity index (χ3v) is 13.0. The van der Waals surface area contributed by atoms with Gasteiger partial charge in [0.2, 0.25) is 0 Å². The lowest BCUT2D eigenvalue weighted by atomic mass is 9.66. The van der Waals surface area contributed by atoms with E-state index in [9.17, 15) is 0 Å². The molecule has 9 aromatic carbocycles. The number of hydrogen-bond donors (Lipinski definition) is 0. The van der Waals surface area contributed by atoms with Crippen molar-refractivity contribution >= 4 is 21.9 Å². The minimum absolute atomic E-state index is 0.597.